The van der Waals surface area contributed by atoms with Gasteiger partial charge < -0.3 is 0 Å². The zero-order valence-electron chi connectivity index (χ0n) is 7.04. The fraction of sp³-hybridized carbons (Fsp3) is 0.714. The Labute approximate surface area is 77.8 Å². The molecular formula is C7H13N3Sn. The number of hydrogen-bond acceptors (Lipinski definition) is 2. The van der Waals surface area contributed by atoms with Crippen LogP contribution in [-0.2, 0) is 6.42 Å². The summed E-state index contributed by atoms with van der Waals surface area (Å²) in [6.07, 6.45) is 5.66. The Morgan fingerprint density at radius 2 is 2.45 bits per heavy atom. The average Bonchev–Trinajstić information content (AvgIpc) is 2.48. The van der Waals surface area contributed by atoms with Gasteiger partial charge in [-0.25, -0.2) is 0 Å². The normalized spacial score (nSPS) is 10.4. The summed E-state index contributed by atoms with van der Waals surface area (Å²) < 4.78 is 2.04. The van der Waals surface area contributed by atoms with Gasteiger partial charge in [0.15, 0.2) is 0 Å². The zero-order chi connectivity index (χ0) is 8.10. The predicted molar refractivity (Wildman–Crippen MR) is 45.7 cm³/mol. The molecule has 1 aromatic rings. The molecule has 3 nitrogen and oxygen atoms in total. The quantitative estimate of drug-likeness (QED) is 0.758. The van der Waals surface area contributed by atoms with E-state index in [9.17, 15) is 0 Å². The molecule has 0 unspecified atom stereocenters. The first-order valence-corrected chi connectivity index (χ1v) is 8.09. The first kappa shape index (κ1) is 9.03. The maximum absolute atomic E-state index is 4.08. The van der Waals surface area contributed by atoms with Crippen molar-refractivity contribution in [2.45, 2.75) is 31.1 Å². The summed E-state index contributed by atoms with van der Waals surface area (Å²) in [4.78, 5) is 2.24. The van der Waals surface area contributed by atoms with Gasteiger partial charge in [0.2, 0.25) is 0 Å². The molecule has 0 bridgehead atoms. The second-order valence-corrected chi connectivity index (χ2v) is 5.07. The standard InChI is InChI=1S/C6H10N3.CH3.Sn/c1-2-3-4-6-5-7-9-8-6;;/h5H,2-4H2,1H3;1H3;/q-1;;+1. The number of rotatable bonds is 4. The number of nitrogens with zero attached hydrogens (tertiary/aromatic N) is 3. The Balaban J connectivity index is 2.44. The van der Waals surface area contributed by atoms with Crippen LogP contribution in [-0.4, -0.2) is 34.6 Å². The van der Waals surface area contributed by atoms with Crippen molar-refractivity contribution >= 4 is 21.4 Å². The van der Waals surface area contributed by atoms with Crippen LogP contribution in [0.1, 0.15) is 25.5 Å². The van der Waals surface area contributed by atoms with Gasteiger partial charge in [0, 0.05) is 0 Å². The van der Waals surface area contributed by atoms with E-state index in [4.69, 9.17) is 0 Å². The van der Waals surface area contributed by atoms with Crippen molar-refractivity contribution < 1.29 is 0 Å². The van der Waals surface area contributed by atoms with Gasteiger partial charge in [0.1, 0.15) is 0 Å². The molecule has 0 spiro atoms. The fourth-order valence-electron chi connectivity index (χ4n) is 0.880. The van der Waals surface area contributed by atoms with E-state index in [-0.39, 0.29) is 0 Å². The van der Waals surface area contributed by atoms with Crippen LogP contribution in [0.3, 0.4) is 0 Å². The molecule has 4 heteroatoms. The molecule has 0 aliphatic carbocycles. The summed E-state index contributed by atoms with van der Waals surface area (Å²) in [6, 6.07) is 0. The van der Waals surface area contributed by atoms with Gasteiger partial charge >= 0.3 is 77.6 Å². The molecule has 60 valence electrons. The molecule has 0 saturated carbocycles. The first-order chi connectivity index (χ1) is 5.36. The van der Waals surface area contributed by atoms with Gasteiger partial charge in [-0.15, -0.1) is 0 Å². The van der Waals surface area contributed by atoms with Gasteiger partial charge in [-0.3, -0.25) is 0 Å². The van der Waals surface area contributed by atoms with Crippen molar-refractivity contribution in [3.8, 4) is 0 Å². The second kappa shape index (κ2) is 4.74. The van der Waals surface area contributed by atoms with Crippen LogP contribution < -0.4 is 0 Å². The van der Waals surface area contributed by atoms with Gasteiger partial charge in [0.25, 0.3) is 0 Å². The Morgan fingerprint density at radius 1 is 1.64 bits per heavy atom. The van der Waals surface area contributed by atoms with E-state index in [1.54, 1.807) is 0 Å². The van der Waals surface area contributed by atoms with Crippen molar-refractivity contribution in [1.82, 2.24) is 13.2 Å². The third-order valence-corrected chi connectivity index (χ3v) is 3.49. The van der Waals surface area contributed by atoms with E-state index in [0.717, 1.165) is 12.1 Å². The minimum atomic E-state index is -0.411. The van der Waals surface area contributed by atoms with Crippen molar-refractivity contribution in [3.63, 3.8) is 0 Å². The van der Waals surface area contributed by atoms with Gasteiger partial charge in [-0.05, 0) is 0 Å². The topological polar surface area (TPSA) is 30.7 Å². The zero-order valence-corrected chi connectivity index (χ0v) is 9.89. The molecular weight excluding hydrogens is 245 g/mol. The molecule has 0 saturated heterocycles. The van der Waals surface area contributed by atoms with E-state index >= 15 is 0 Å². The Morgan fingerprint density at radius 3 is 3.00 bits per heavy atom. The minimum absolute atomic E-state index is 0.411. The van der Waals surface area contributed by atoms with Crippen LogP contribution in [0.25, 0.3) is 0 Å². The van der Waals surface area contributed by atoms with E-state index in [2.05, 4.69) is 28.4 Å². The molecule has 0 fully saturated rings. The van der Waals surface area contributed by atoms with Gasteiger partial charge in [0.05, 0.1) is 0 Å². The van der Waals surface area contributed by atoms with Crippen molar-refractivity contribution in [1.29, 1.82) is 0 Å². The fourth-order valence-corrected chi connectivity index (χ4v) is 2.06. The van der Waals surface area contributed by atoms with Crippen LogP contribution in [0.4, 0.5) is 0 Å². The molecule has 0 aliphatic rings. The summed E-state index contributed by atoms with van der Waals surface area (Å²) in [6.45, 7) is 2.20. The van der Waals surface area contributed by atoms with Crippen LogP contribution >= 0.6 is 0 Å². The third kappa shape index (κ3) is 2.81. The summed E-state index contributed by atoms with van der Waals surface area (Å²) >= 11 is -0.411. The van der Waals surface area contributed by atoms with Crippen LogP contribution in [0.15, 0.2) is 6.20 Å². The molecule has 0 atom stereocenters. The molecule has 0 amide bonds. The van der Waals surface area contributed by atoms with Crippen LogP contribution in [0, 0.1) is 0 Å². The third-order valence-electron chi connectivity index (χ3n) is 1.56. The maximum atomic E-state index is 4.08. The number of aryl methyl sites for hydroxylation is 1. The molecule has 0 aromatic carbocycles. The molecule has 2 radical (unpaired) electrons. The molecule has 1 aromatic heterocycles. The van der Waals surface area contributed by atoms with Crippen molar-refractivity contribution in [3.05, 3.63) is 11.9 Å². The molecule has 0 aliphatic heterocycles. The summed E-state index contributed by atoms with van der Waals surface area (Å²) in [5, 5.41) is 8.11. The van der Waals surface area contributed by atoms with E-state index in [1.165, 1.54) is 12.8 Å². The molecule has 1 heterocycles. The van der Waals surface area contributed by atoms with E-state index in [0.29, 0.717) is 0 Å². The van der Waals surface area contributed by atoms with E-state index in [1.807, 2.05) is 2.90 Å². The predicted octanol–water partition coefficient (Wildman–Crippen LogP) is 1.14. The van der Waals surface area contributed by atoms with Gasteiger partial charge in [-0.1, -0.05) is 0 Å². The number of hydrogen-bond donors (Lipinski definition) is 0. The molecule has 1 rings (SSSR count). The summed E-state index contributed by atoms with van der Waals surface area (Å²) in [7, 11) is 0. The SMILES string of the molecule is CCCCc1c[n]([Sn][CH3])nn1. The van der Waals surface area contributed by atoms with Crippen molar-refractivity contribution in [2.24, 2.45) is 0 Å². The van der Waals surface area contributed by atoms with Crippen LogP contribution in [0.5, 0.6) is 0 Å². The first-order valence-electron chi connectivity index (χ1n) is 3.95. The van der Waals surface area contributed by atoms with Crippen LogP contribution in [0.2, 0.25) is 4.94 Å². The second-order valence-electron chi connectivity index (χ2n) is 2.48. The molecule has 11 heavy (non-hydrogen) atoms. The Bertz CT molecular complexity index is 209. The average molecular weight is 258 g/mol. The van der Waals surface area contributed by atoms with Gasteiger partial charge in [-0.2, -0.15) is 0 Å². The van der Waals surface area contributed by atoms with Crippen molar-refractivity contribution in [2.75, 3.05) is 0 Å². The monoisotopic (exact) mass is 259 g/mol. The Hall–Kier alpha value is -0.0613. The van der Waals surface area contributed by atoms with E-state index < -0.39 is 21.4 Å². The number of unbranched alkanes of at least 4 members (excludes halogenated alkanes) is 1. The summed E-state index contributed by atoms with van der Waals surface area (Å²) in [5.41, 5.74) is 1.16. The summed E-state index contributed by atoms with van der Waals surface area (Å²) in [5.74, 6) is 0. The molecule has 0 N–H and O–H groups in total. The number of aromatic nitrogens is 3. The Kier molecular flexibility index (Phi) is 3.89.